The van der Waals surface area contributed by atoms with Crippen molar-refractivity contribution in [2.45, 2.75) is 77.6 Å². The number of hydrogen-bond donors (Lipinski definition) is 1. The van der Waals surface area contributed by atoms with Crippen molar-refractivity contribution in [3.05, 3.63) is 6.57 Å². The van der Waals surface area contributed by atoms with Crippen molar-refractivity contribution in [3.8, 4) is 0 Å². The molecule has 2 heteroatoms. The highest BCUT2D eigenvalue weighted by molar-refractivity contribution is 4.48. The van der Waals surface area contributed by atoms with Crippen LogP contribution in [-0.2, 0) is 0 Å². The Kier molecular flexibility index (Phi) is 14.1. The number of unbranched alkanes of at least 4 members (excludes halogenated alkanes) is 8. The van der Waals surface area contributed by atoms with Crippen molar-refractivity contribution >= 4 is 0 Å². The van der Waals surface area contributed by atoms with Crippen LogP contribution in [0.15, 0.2) is 0 Å². The zero-order chi connectivity index (χ0) is 13.5. The molecular formula is C16H32N2. The van der Waals surface area contributed by atoms with Gasteiger partial charge in [0.05, 0.1) is 19.6 Å². The third-order valence-corrected chi connectivity index (χ3v) is 3.94. The van der Waals surface area contributed by atoms with Gasteiger partial charge >= 0.3 is 0 Å². The first-order valence-electron chi connectivity index (χ1n) is 7.99. The number of rotatable bonds is 10. The van der Waals surface area contributed by atoms with E-state index >= 15 is 0 Å². The number of nitrogens with one attached hydrogen (secondary N) is 1. The van der Waals surface area contributed by atoms with Crippen molar-refractivity contribution in [1.82, 2.24) is 0 Å². The van der Waals surface area contributed by atoms with Crippen LogP contribution in [0.1, 0.15) is 77.6 Å². The Balaban J connectivity index is 0.00000137. The summed E-state index contributed by atoms with van der Waals surface area (Å²) in [6.07, 6.45) is 16.1. The fraction of sp³-hybridized carbons (Fsp3) is 0.938. The van der Waals surface area contributed by atoms with Crippen LogP contribution in [0.5, 0.6) is 0 Å². The Morgan fingerprint density at radius 2 is 1.22 bits per heavy atom. The maximum atomic E-state index is 6.25. The molecule has 18 heavy (non-hydrogen) atoms. The maximum absolute atomic E-state index is 6.25. The lowest BCUT2D eigenvalue weighted by atomic mass is 10.1. The van der Waals surface area contributed by atoms with Gasteiger partial charge in [-0.25, -0.2) is 0 Å². The molecule has 2 nitrogen and oxygen atoms in total. The lowest BCUT2D eigenvalue weighted by Crippen LogP contribution is -3.09. The average Bonchev–Trinajstić information content (AvgIpc) is 2.92. The first-order chi connectivity index (χ1) is 8.93. The summed E-state index contributed by atoms with van der Waals surface area (Å²) >= 11 is 0. The standard InChI is InChI=1S/C15H31N.CN/c1-2-3-4-5-6-7-8-9-10-13-16-14-11-12-15-16;1-2/h2-15H2,1H3;/q;-1/p+1. The first kappa shape index (κ1) is 17.4. The van der Waals surface area contributed by atoms with Gasteiger partial charge in [0.25, 0.3) is 0 Å². The molecular weight excluding hydrogens is 220 g/mol. The minimum Gasteiger partial charge on any atom is -0.512 e. The van der Waals surface area contributed by atoms with Gasteiger partial charge in [-0.2, -0.15) is 0 Å². The van der Waals surface area contributed by atoms with Gasteiger partial charge in [0.1, 0.15) is 0 Å². The minimum atomic E-state index is 1.37. The predicted molar refractivity (Wildman–Crippen MR) is 77.0 cm³/mol. The normalized spacial score (nSPS) is 15.3. The molecule has 0 spiro atoms. The van der Waals surface area contributed by atoms with Crippen LogP contribution in [0, 0.1) is 11.8 Å². The Hall–Kier alpha value is -0.550. The molecule has 0 atom stereocenters. The van der Waals surface area contributed by atoms with E-state index in [4.69, 9.17) is 11.8 Å². The van der Waals surface area contributed by atoms with Crippen molar-refractivity contribution < 1.29 is 4.90 Å². The largest absolute Gasteiger partial charge is 0.512 e. The Morgan fingerprint density at radius 3 is 1.72 bits per heavy atom. The molecule has 1 aliphatic heterocycles. The summed E-state index contributed by atoms with van der Waals surface area (Å²) in [6, 6.07) is 0. The SMILES string of the molecule is CCCCCCCCCCC[NH+]1CCCC1.[C-]#N. The number of nitrogens with zero attached hydrogens (tertiary/aromatic N) is 1. The third kappa shape index (κ3) is 10.6. The third-order valence-electron chi connectivity index (χ3n) is 3.94. The molecule has 0 radical (unpaired) electrons. The molecule has 0 saturated carbocycles. The molecule has 1 rings (SSSR count). The van der Waals surface area contributed by atoms with Gasteiger partial charge in [-0.15, -0.1) is 0 Å². The summed E-state index contributed by atoms with van der Waals surface area (Å²) in [5.41, 5.74) is 0. The molecule has 1 aliphatic rings. The zero-order valence-corrected chi connectivity index (χ0v) is 12.3. The lowest BCUT2D eigenvalue weighted by molar-refractivity contribution is -0.887. The van der Waals surface area contributed by atoms with E-state index in [0.29, 0.717) is 0 Å². The molecule has 106 valence electrons. The van der Waals surface area contributed by atoms with Crippen LogP contribution >= 0.6 is 0 Å². The second-order valence-corrected chi connectivity index (χ2v) is 5.54. The van der Waals surface area contributed by atoms with Gasteiger partial charge in [-0.3, -0.25) is 0 Å². The highest BCUT2D eigenvalue weighted by Gasteiger charge is 2.13. The van der Waals surface area contributed by atoms with E-state index in [1.165, 1.54) is 90.3 Å². The van der Waals surface area contributed by atoms with Gasteiger partial charge in [-0.05, 0) is 12.8 Å². The van der Waals surface area contributed by atoms with Crippen LogP contribution in [0.3, 0.4) is 0 Å². The quantitative estimate of drug-likeness (QED) is 0.469. The van der Waals surface area contributed by atoms with Crippen molar-refractivity contribution in [2.75, 3.05) is 19.6 Å². The lowest BCUT2D eigenvalue weighted by Gasteiger charge is -2.11. The molecule has 1 saturated heterocycles. The molecule has 0 aromatic carbocycles. The Morgan fingerprint density at radius 1 is 0.778 bits per heavy atom. The monoisotopic (exact) mass is 252 g/mol. The highest BCUT2D eigenvalue weighted by atomic mass is 15.1. The highest BCUT2D eigenvalue weighted by Crippen LogP contribution is 2.09. The van der Waals surface area contributed by atoms with E-state index in [9.17, 15) is 0 Å². The fourth-order valence-electron chi connectivity index (χ4n) is 2.81. The molecule has 0 aromatic rings. The Labute approximate surface area is 114 Å². The topological polar surface area (TPSA) is 28.2 Å². The molecule has 1 fully saturated rings. The van der Waals surface area contributed by atoms with E-state index in [2.05, 4.69) is 6.92 Å². The molecule has 0 bridgehead atoms. The second kappa shape index (κ2) is 14.5. The zero-order valence-electron chi connectivity index (χ0n) is 12.3. The van der Waals surface area contributed by atoms with Crippen molar-refractivity contribution in [3.63, 3.8) is 0 Å². The van der Waals surface area contributed by atoms with Gasteiger partial charge in [-0.1, -0.05) is 51.9 Å². The summed E-state index contributed by atoms with van der Waals surface area (Å²) in [5.74, 6) is 0. The van der Waals surface area contributed by atoms with Crippen LogP contribution < -0.4 is 4.90 Å². The smallest absolute Gasteiger partial charge is 0.0773 e. The van der Waals surface area contributed by atoms with Crippen LogP contribution in [0.25, 0.3) is 0 Å². The van der Waals surface area contributed by atoms with Crippen molar-refractivity contribution in [1.29, 1.82) is 5.26 Å². The number of quaternary nitrogens is 1. The molecule has 1 N–H and O–H groups in total. The van der Waals surface area contributed by atoms with Gasteiger partial charge in [0, 0.05) is 12.8 Å². The van der Waals surface area contributed by atoms with Crippen LogP contribution in [-0.4, -0.2) is 19.6 Å². The summed E-state index contributed by atoms with van der Waals surface area (Å²) in [6.45, 7) is 11.4. The summed E-state index contributed by atoms with van der Waals surface area (Å²) < 4.78 is 0. The van der Waals surface area contributed by atoms with E-state index in [0.717, 1.165) is 0 Å². The fourth-order valence-corrected chi connectivity index (χ4v) is 2.81. The molecule has 0 aromatic heterocycles. The van der Waals surface area contributed by atoms with Gasteiger partial charge in [0.2, 0.25) is 0 Å². The average molecular weight is 252 g/mol. The molecule has 0 aliphatic carbocycles. The number of likely N-dealkylation sites (tertiary alicyclic amines) is 1. The second-order valence-electron chi connectivity index (χ2n) is 5.54. The molecule has 0 unspecified atom stereocenters. The predicted octanol–water partition coefficient (Wildman–Crippen LogP) is 3.29. The minimum absolute atomic E-state index is 1.37. The molecule has 1 heterocycles. The maximum Gasteiger partial charge on any atom is 0.0773 e. The van der Waals surface area contributed by atoms with Gasteiger partial charge < -0.3 is 16.7 Å². The molecule has 0 amide bonds. The first-order valence-corrected chi connectivity index (χ1v) is 7.99. The van der Waals surface area contributed by atoms with E-state index < -0.39 is 0 Å². The van der Waals surface area contributed by atoms with Crippen molar-refractivity contribution in [2.24, 2.45) is 0 Å². The number of hydrogen-bond acceptors (Lipinski definition) is 1. The summed E-state index contributed by atoms with van der Waals surface area (Å²) in [5, 5.41) is 6.25. The summed E-state index contributed by atoms with van der Waals surface area (Å²) in [7, 11) is 0. The van der Waals surface area contributed by atoms with Gasteiger partial charge in [0.15, 0.2) is 0 Å². The van der Waals surface area contributed by atoms with Crippen LogP contribution in [0.4, 0.5) is 0 Å². The van der Waals surface area contributed by atoms with E-state index in [-0.39, 0.29) is 0 Å². The van der Waals surface area contributed by atoms with Crippen LogP contribution in [0.2, 0.25) is 0 Å². The Bertz CT molecular complexity index is 171. The summed E-state index contributed by atoms with van der Waals surface area (Å²) in [4.78, 5) is 1.88. The van der Waals surface area contributed by atoms with E-state index in [1.807, 2.05) is 4.90 Å². The van der Waals surface area contributed by atoms with E-state index in [1.54, 1.807) is 0 Å².